The van der Waals surface area contributed by atoms with Gasteiger partial charge in [0.2, 0.25) is 0 Å². The van der Waals surface area contributed by atoms with Crippen LogP contribution in [-0.2, 0) is 27.1 Å². The van der Waals surface area contributed by atoms with Crippen molar-refractivity contribution in [1.82, 2.24) is 4.90 Å². The van der Waals surface area contributed by atoms with E-state index in [2.05, 4.69) is 33.9 Å². The number of rotatable bonds is 9. The van der Waals surface area contributed by atoms with Gasteiger partial charge in [-0.1, -0.05) is 63.2 Å². The number of carbonyl (C=O) groups is 1. The summed E-state index contributed by atoms with van der Waals surface area (Å²) >= 11 is 0. The molecule has 2 heterocycles. The topological polar surface area (TPSA) is 51.2 Å². The van der Waals surface area contributed by atoms with Gasteiger partial charge in [-0.3, -0.25) is 0 Å². The van der Waals surface area contributed by atoms with Crippen LogP contribution >= 0.6 is 0 Å². The van der Waals surface area contributed by atoms with Gasteiger partial charge in [0.25, 0.3) is 0 Å². The van der Waals surface area contributed by atoms with Crippen molar-refractivity contribution in [2.45, 2.75) is 71.1 Å². The second-order valence-corrected chi connectivity index (χ2v) is 16.9. The molecule has 1 amide bonds. The molecule has 2 aromatic rings. The molecule has 38 heavy (non-hydrogen) atoms. The maximum Gasteiger partial charge on any atom is 0.410 e. The SMILES string of the molecule is CC(C)(C)[Si](C)(C)OCc1cccc(N2CC(OCC3CCN(C(=O)OCc4ccccc4)CC3)C2)c1F. The van der Waals surface area contributed by atoms with Gasteiger partial charge in [-0.05, 0) is 48.5 Å². The van der Waals surface area contributed by atoms with Crippen LogP contribution in [0, 0.1) is 11.7 Å². The summed E-state index contributed by atoms with van der Waals surface area (Å²) < 4.78 is 33.1. The molecule has 0 N–H and O–H groups in total. The van der Waals surface area contributed by atoms with Gasteiger partial charge in [-0.2, -0.15) is 0 Å². The predicted octanol–water partition coefficient (Wildman–Crippen LogP) is 6.60. The number of hydrogen-bond donors (Lipinski definition) is 0. The zero-order valence-corrected chi connectivity index (χ0v) is 24.5. The lowest BCUT2D eigenvalue weighted by atomic mass is 9.98. The average Bonchev–Trinajstić information content (AvgIpc) is 2.87. The molecule has 8 heteroatoms. The van der Waals surface area contributed by atoms with Crippen molar-refractivity contribution < 1.29 is 23.1 Å². The number of ether oxygens (including phenoxy) is 2. The number of piperidine rings is 1. The Bertz CT molecular complexity index is 1060. The molecule has 0 saturated carbocycles. The zero-order chi connectivity index (χ0) is 27.3. The summed E-state index contributed by atoms with van der Waals surface area (Å²) in [6.45, 7) is 15.0. The predicted molar refractivity (Wildman–Crippen MR) is 151 cm³/mol. The molecule has 0 bridgehead atoms. The van der Waals surface area contributed by atoms with Crippen molar-refractivity contribution in [3.8, 4) is 0 Å². The number of likely N-dealkylation sites (tertiary alicyclic amines) is 1. The molecular weight excluding hydrogens is 499 g/mol. The van der Waals surface area contributed by atoms with Gasteiger partial charge < -0.3 is 23.7 Å². The zero-order valence-electron chi connectivity index (χ0n) is 23.5. The van der Waals surface area contributed by atoms with Crippen molar-refractivity contribution in [2.75, 3.05) is 37.7 Å². The van der Waals surface area contributed by atoms with Gasteiger partial charge in [-0.15, -0.1) is 0 Å². The highest BCUT2D eigenvalue weighted by atomic mass is 28.4. The minimum absolute atomic E-state index is 0.0887. The highest BCUT2D eigenvalue weighted by Crippen LogP contribution is 2.37. The van der Waals surface area contributed by atoms with Crippen molar-refractivity contribution in [1.29, 1.82) is 0 Å². The Morgan fingerprint density at radius 3 is 2.34 bits per heavy atom. The van der Waals surface area contributed by atoms with Gasteiger partial charge in [0.05, 0.1) is 25.0 Å². The first kappa shape index (κ1) is 28.6. The van der Waals surface area contributed by atoms with E-state index in [0.717, 1.165) is 18.4 Å². The Morgan fingerprint density at radius 2 is 1.68 bits per heavy atom. The van der Waals surface area contributed by atoms with Gasteiger partial charge in [-0.25, -0.2) is 9.18 Å². The van der Waals surface area contributed by atoms with E-state index < -0.39 is 8.32 Å². The average molecular weight is 543 g/mol. The van der Waals surface area contributed by atoms with E-state index in [1.54, 1.807) is 4.90 Å². The third kappa shape index (κ3) is 7.15. The normalized spacial score (nSPS) is 17.4. The summed E-state index contributed by atoms with van der Waals surface area (Å²) in [4.78, 5) is 16.2. The molecule has 0 spiro atoms. The Hall–Kier alpha value is -2.42. The van der Waals surface area contributed by atoms with Crippen LogP contribution in [0.15, 0.2) is 48.5 Å². The van der Waals surface area contributed by atoms with E-state index in [0.29, 0.717) is 63.2 Å². The molecule has 4 rings (SSSR count). The number of amides is 1. The Labute approximate surface area is 228 Å². The van der Waals surface area contributed by atoms with Crippen molar-refractivity contribution in [2.24, 2.45) is 5.92 Å². The largest absolute Gasteiger partial charge is 0.445 e. The lowest BCUT2D eigenvalue weighted by molar-refractivity contribution is -0.00196. The number of nitrogens with zero attached hydrogens (tertiary/aromatic N) is 2. The summed E-state index contributed by atoms with van der Waals surface area (Å²) in [5.41, 5.74) is 2.24. The van der Waals surface area contributed by atoms with Crippen LogP contribution in [0.25, 0.3) is 0 Å². The highest BCUT2D eigenvalue weighted by molar-refractivity contribution is 6.74. The maximum atomic E-state index is 15.3. The summed E-state index contributed by atoms with van der Waals surface area (Å²) in [5, 5.41) is 0.0887. The summed E-state index contributed by atoms with van der Waals surface area (Å²) in [6.07, 6.45) is 1.67. The van der Waals surface area contributed by atoms with Crippen LogP contribution in [0.3, 0.4) is 0 Å². The number of anilines is 1. The molecule has 2 fully saturated rings. The molecule has 0 radical (unpaired) electrons. The molecule has 2 aliphatic rings. The van der Waals surface area contributed by atoms with Crippen LogP contribution in [-0.4, -0.2) is 58.2 Å². The van der Waals surface area contributed by atoms with Gasteiger partial charge in [0, 0.05) is 31.7 Å². The first-order valence-corrected chi connectivity index (χ1v) is 16.7. The Kier molecular flexibility index (Phi) is 9.16. The molecule has 6 nitrogen and oxygen atoms in total. The first-order chi connectivity index (χ1) is 18.0. The minimum Gasteiger partial charge on any atom is -0.445 e. The summed E-state index contributed by atoms with van der Waals surface area (Å²) in [5.74, 6) is 0.242. The van der Waals surface area contributed by atoms with Crippen LogP contribution in [0.4, 0.5) is 14.9 Å². The second-order valence-electron chi connectivity index (χ2n) is 12.1. The van der Waals surface area contributed by atoms with Crippen LogP contribution in [0.1, 0.15) is 44.7 Å². The summed E-state index contributed by atoms with van der Waals surface area (Å²) in [7, 11) is -1.95. The van der Waals surface area contributed by atoms with E-state index in [4.69, 9.17) is 13.9 Å². The summed E-state index contributed by atoms with van der Waals surface area (Å²) in [6, 6.07) is 15.3. The number of halogens is 1. The number of benzene rings is 2. The molecule has 0 aliphatic carbocycles. The van der Waals surface area contributed by atoms with E-state index in [1.807, 2.05) is 53.4 Å². The van der Waals surface area contributed by atoms with Crippen molar-refractivity contribution in [3.63, 3.8) is 0 Å². The van der Waals surface area contributed by atoms with Gasteiger partial charge >= 0.3 is 6.09 Å². The Balaban J connectivity index is 1.16. The first-order valence-electron chi connectivity index (χ1n) is 13.8. The Morgan fingerprint density at radius 1 is 1.00 bits per heavy atom. The second kappa shape index (κ2) is 12.2. The molecule has 2 aliphatic heterocycles. The van der Waals surface area contributed by atoms with Crippen LogP contribution in [0.2, 0.25) is 18.1 Å². The molecule has 0 aromatic heterocycles. The van der Waals surface area contributed by atoms with E-state index in [-0.39, 0.29) is 23.1 Å². The fraction of sp³-hybridized carbons (Fsp3) is 0.567. The third-order valence-corrected chi connectivity index (χ3v) is 12.8. The number of hydrogen-bond acceptors (Lipinski definition) is 5. The van der Waals surface area contributed by atoms with E-state index in [1.165, 1.54) is 0 Å². The fourth-order valence-corrected chi connectivity index (χ4v) is 5.45. The lowest BCUT2D eigenvalue weighted by Crippen LogP contribution is -2.53. The maximum absolute atomic E-state index is 15.3. The van der Waals surface area contributed by atoms with Gasteiger partial charge in [0.1, 0.15) is 6.61 Å². The minimum atomic E-state index is -1.95. The standard InChI is InChI=1S/C30H43FN2O4Si/c1-30(2,3)38(4,5)37-22-25-12-9-13-27(28(25)31)33-18-26(19-33)35-20-24-14-16-32(17-15-24)29(34)36-21-23-10-7-6-8-11-23/h6-13,24,26H,14-22H2,1-5H3. The molecule has 2 saturated heterocycles. The smallest absolute Gasteiger partial charge is 0.410 e. The van der Waals surface area contributed by atoms with E-state index >= 15 is 4.39 Å². The van der Waals surface area contributed by atoms with Crippen molar-refractivity contribution >= 4 is 20.1 Å². The van der Waals surface area contributed by atoms with E-state index in [9.17, 15) is 4.79 Å². The molecule has 0 unspecified atom stereocenters. The molecule has 0 atom stereocenters. The molecule has 208 valence electrons. The van der Waals surface area contributed by atoms with Crippen molar-refractivity contribution in [3.05, 3.63) is 65.5 Å². The fourth-order valence-electron chi connectivity index (χ4n) is 4.50. The quantitative estimate of drug-likeness (QED) is 0.334. The lowest BCUT2D eigenvalue weighted by Gasteiger charge is -2.42. The van der Waals surface area contributed by atoms with Gasteiger partial charge in [0.15, 0.2) is 14.1 Å². The number of carbonyl (C=O) groups excluding carboxylic acids is 1. The van der Waals surface area contributed by atoms with Crippen LogP contribution < -0.4 is 4.90 Å². The third-order valence-electron chi connectivity index (χ3n) is 8.29. The monoisotopic (exact) mass is 542 g/mol. The van der Waals surface area contributed by atoms with Crippen LogP contribution in [0.5, 0.6) is 0 Å². The highest BCUT2D eigenvalue weighted by Gasteiger charge is 2.37. The molecule has 2 aromatic carbocycles. The molecular formula is C30H43FN2O4Si.